The van der Waals surface area contributed by atoms with E-state index in [1.54, 1.807) is 7.11 Å². The van der Waals surface area contributed by atoms with Crippen molar-refractivity contribution < 1.29 is 9.57 Å². The van der Waals surface area contributed by atoms with Crippen molar-refractivity contribution in [3.8, 4) is 5.75 Å². The smallest absolute Gasteiger partial charge is 0.123 e. The van der Waals surface area contributed by atoms with E-state index in [4.69, 9.17) is 9.57 Å². The van der Waals surface area contributed by atoms with E-state index in [9.17, 15) is 0 Å². The summed E-state index contributed by atoms with van der Waals surface area (Å²) in [4.78, 5) is 5.44. The second kappa shape index (κ2) is 6.62. The van der Waals surface area contributed by atoms with E-state index in [-0.39, 0.29) is 6.04 Å². The second-order valence-corrected chi connectivity index (χ2v) is 4.79. The number of hydroxylamine groups is 1. The molecule has 0 fully saturated rings. The van der Waals surface area contributed by atoms with Gasteiger partial charge in [0.05, 0.1) is 19.8 Å². The zero-order valence-electron chi connectivity index (χ0n) is 11.4. The third-order valence-corrected chi connectivity index (χ3v) is 2.53. The summed E-state index contributed by atoms with van der Waals surface area (Å²) >= 11 is 0. The predicted octanol–water partition coefficient (Wildman–Crippen LogP) is 3.24. The highest BCUT2D eigenvalue weighted by atomic mass is 16.6. The van der Waals surface area contributed by atoms with Crippen LogP contribution in [-0.2, 0) is 4.84 Å². The summed E-state index contributed by atoms with van der Waals surface area (Å²) in [5.74, 6) is 1.42. The lowest BCUT2D eigenvalue weighted by molar-refractivity contribution is 0.00368. The largest absolute Gasteiger partial charge is 0.496 e. The van der Waals surface area contributed by atoms with Gasteiger partial charge >= 0.3 is 0 Å². The molecule has 0 aromatic heterocycles. The molecule has 17 heavy (non-hydrogen) atoms. The molecule has 0 heterocycles. The maximum Gasteiger partial charge on any atom is 0.123 e. The molecule has 0 aliphatic rings. The van der Waals surface area contributed by atoms with Gasteiger partial charge in [-0.15, -0.1) is 0 Å². The van der Waals surface area contributed by atoms with Crippen LogP contribution in [0, 0.1) is 12.8 Å². The Hall–Kier alpha value is -1.06. The van der Waals surface area contributed by atoms with Crippen LogP contribution in [0.2, 0.25) is 0 Å². The molecule has 0 radical (unpaired) electrons. The summed E-state index contributed by atoms with van der Waals surface area (Å²) in [6.07, 6.45) is 0. The minimum Gasteiger partial charge on any atom is -0.496 e. The first-order chi connectivity index (χ1) is 8.04. The summed E-state index contributed by atoms with van der Waals surface area (Å²) in [6.45, 7) is 9.07. The molecule has 0 saturated heterocycles. The van der Waals surface area contributed by atoms with Gasteiger partial charge in [-0.25, -0.2) is 0 Å². The quantitative estimate of drug-likeness (QED) is 0.770. The van der Waals surface area contributed by atoms with E-state index < -0.39 is 0 Å². The number of aryl methyl sites for hydroxylation is 1. The summed E-state index contributed by atoms with van der Waals surface area (Å²) in [6, 6.07) is 6.31. The highest BCUT2D eigenvalue weighted by Gasteiger charge is 2.11. The van der Waals surface area contributed by atoms with E-state index in [2.05, 4.69) is 45.3 Å². The molecule has 1 atom stereocenters. The monoisotopic (exact) mass is 237 g/mol. The number of methoxy groups -OCH3 is 1. The van der Waals surface area contributed by atoms with Gasteiger partial charge in [-0.2, -0.15) is 5.48 Å². The first-order valence-electron chi connectivity index (χ1n) is 6.06. The number of hydrogen-bond acceptors (Lipinski definition) is 3. The van der Waals surface area contributed by atoms with Crippen LogP contribution < -0.4 is 10.2 Å². The standard InChI is InChI=1S/C14H23NO2/c1-10(2)9-17-15-12(4)13-7-6-11(3)8-14(13)16-5/h6-8,10,12,15H,9H2,1-5H3. The van der Waals surface area contributed by atoms with Crippen LogP contribution in [0.1, 0.15) is 37.9 Å². The Kier molecular flexibility index (Phi) is 5.45. The van der Waals surface area contributed by atoms with Gasteiger partial charge < -0.3 is 9.57 Å². The van der Waals surface area contributed by atoms with Gasteiger partial charge in [0.15, 0.2) is 0 Å². The third kappa shape index (κ3) is 4.36. The average Bonchev–Trinajstić information content (AvgIpc) is 2.28. The molecule has 0 aliphatic carbocycles. The molecule has 0 aliphatic heterocycles. The Morgan fingerprint density at radius 3 is 2.53 bits per heavy atom. The lowest BCUT2D eigenvalue weighted by atomic mass is 10.1. The maximum absolute atomic E-state index is 5.44. The number of ether oxygens (including phenoxy) is 1. The van der Waals surface area contributed by atoms with Crippen molar-refractivity contribution in [2.75, 3.05) is 13.7 Å². The van der Waals surface area contributed by atoms with Crippen molar-refractivity contribution in [3.05, 3.63) is 29.3 Å². The highest BCUT2D eigenvalue weighted by Crippen LogP contribution is 2.25. The Morgan fingerprint density at radius 1 is 1.24 bits per heavy atom. The fourth-order valence-corrected chi connectivity index (χ4v) is 1.58. The summed E-state index contributed by atoms with van der Waals surface area (Å²) in [5, 5.41) is 0. The van der Waals surface area contributed by atoms with Crippen molar-refractivity contribution in [1.82, 2.24) is 5.48 Å². The van der Waals surface area contributed by atoms with E-state index in [1.807, 2.05) is 6.07 Å². The van der Waals surface area contributed by atoms with Gasteiger partial charge in [0.2, 0.25) is 0 Å². The molecule has 96 valence electrons. The molecule has 3 nitrogen and oxygen atoms in total. The average molecular weight is 237 g/mol. The first kappa shape index (κ1) is 14.0. The first-order valence-corrected chi connectivity index (χ1v) is 6.06. The van der Waals surface area contributed by atoms with Crippen LogP contribution in [0.4, 0.5) is 0 Å². The van der Waals surface area contributed by atoms with Crippen LogP contribution in [0.25, 0.3) is 0 Å². The Balaban J connectivity index is 2.64. The van der Waals surface area contributed by atoms with Crippen LogP contribution >= 0.6 is 0 Å². The minimum absolute atomic E-state index is 0.115. The summed E-state index contributed by atoms with van der Waals surface area (Å²) in [5.41, 5.74) is 5.35. The minimum atomic E-state index is 0.115. The number of hydrogen-bond donors (Lipinski definition) is 1. The second-order valence-electron chi connectivity index (χ2n) is 4.79. The molecular formula is C14H23NO2. The van der Waals surface area contributed by atoms with E-state index in [0.717, 1.165) is 11.3 Å². The molecule has 1 aromatic carbocycles. The van der Waals surface area contributed by atoms with Crippen molar-refractivity contribution >= 4 is 0 Å². The molecule has 0 spiro atoms. The van der Waals surface area contributed by atoms with Gasteiger partial charge in [-0.05, 0) is 31.4 Å². The number of benzene rings is 1. The van der Waals surface area contributed by atoms with Gasteiger partial charge in [-0.3, -0.25) is 0 Å². The van der Waals surface area contributed by atoms with Crippen LogP contribution in [0.15, 0.2) is 18.2 Å². The molecule has 3 heteroatoms. The SMILES string of the molecule is COc1cc(C)ccc1C(C)NOCC(C)C. The Labute approximate surface area is 104 Å². The molecule has 0 saturated carbocycles. The summed E-state index contributed by atoms with van der Waals surface area (Å²) in [7, 11) is 1.69. The van der Waals surface area contributed by atoms with E-state index in [1.165, 1.54) is 5.56 Å². The van der Waals surface area contributed by atoms with Crippen molar-refractivity contribution in [1.29, 1.82) is 0 Å². The molecular weight excluding hydrogens is 214 g/mol. The van der Waals surface area contributed by atoms with Crippen LogP contribution in [0.3, 0.4) is 0 Å². The predicted molar refractivity (Wildman–Crippen MR) is 70.1 cm³/mol. The van der Waals surface area contributed by atoms with E-state index in [0.29, 0.717) is 12.5 Å². The van der Waals surface area contributed by atoms with Gasteiger partial charge in [-0.1, -0.05) is 26.0 Å². The molecule has 1 rings (SSSR count). The molecule has 0 amide bonds. The lowest BCUT2D eigenvalue weighted by Crippen LogP contribution is -2.22. The normalized spacial score (nSPS) is 12.8. The summed E-state index contributed by atoms with van der Waals surface area (Å²) < 4.78 is 5.38. The van der Waals surface area contributed by atoms with Gasteiger partial charge in [0.25, 0.3) is 0 Å². The van der Waals surface area contributed by atoms with Crippen LogP contribution in [0.5, 0.6) is 5.75 Å². The van der Waals surface area contributed by atoms with E-state index >= 15 is 0 Å². The number of rotatable bonds is 6. The molecule has 0 bridgehead atoms. The zero-order chi connectivity index (χ0) is 12.8. The maximum atomic E-state index is 5.44. The van der Waals surface area contributed by atoms with Crippen molar-refractivity contribution in [2.24, 2.45) is 5.92 Å². The van der Waals surface area contributed by atoms with Crippen molar-refractivity contribution in [2.45, 2.75) is 33.7 Å². The Morgan fingerprint density at radius 2 is 1.94 bits per heavy atom. The topological polar surface area (TPSA) is 30.5 Å². The molecule has 1 N–H and O–H groups in total. The molecule has 1 aromatic rings. The van der Waals surface area contributed by atoms with Gasteiger partial charge in [0, 0.05) is 5.56 Å². The number of nitrogens with one attached hydrogen (secondary N) is 1. The van der Waals surface area contributed by atoms with Crippen LogP contribution in [-0.4, -0.2) is 13.7 Å². The van der Waals surface area contributed by atoms with Gasteiger partial charge in [0.1, 0.15) is 5.75 Å². The highest BCUT2D eigenvalue weighted by molar-refractivity contribution is 5.38. The fraction of sp³-hybridized carbons (Fsp3) is 0.571. The van der Waals surface area contributed by atoms with Crippen molar-refractivity contribution in [3.63, 3.8) is 0 Å². The molecule has 1 unspecified atom stereocenters. The Bertz CT molecular complexity index is 350. The fourth-order valence-electron chi connectivity index (χ4n) is 1.58. The lowest BCUT2D eigenvalue weighted by Gasteiger charge is -2.18. The zero-order valence-corrected chi connectivity index (χ0v) is 11.4. The third-order valence-electron chi connectivity index (χ3n) is 2.53.